The zero-order chi connectivity index (χ0) is 22.8. The summed E-state index contributed by atoms with van der Waals surface area (Å²) in [5.41, 5.74) is 4.04. The van der Waals surface area contributed by atoms with E-state index in [0.717, 1.165) is 14.8 Å². The maximum Gasteiger partial charge on any atom is 0.259 e. The minimum atomic E-state index is -0.351. The Morgan fingerprint density at radius 1 is 1.00 bits per heavy atom. The summed E-state index contributed by atoms with van der Waals surface area (Å²) in [7, 11) is 0. The number of nitrogens with zero attached hydrogens (tertiary/aromatic N) is 2. The van der Waals surface area contributed by atoms with Crippen LogP contribution < -0.4 is 10.7 Å². The van der Waals surface area contributed by atoms with Crippen LogP contribution in [0, 0.1) is 6.92 Å². The van der Waals surface area contributed by atoms with Crippen molar-refractivity contribution >= 4 is 45.7 Å². The molecular formula is C25H17N3O3S2. The topological polar surface area (TPSA) is 85.1 Å². The molecule has 0 spiro atoms. The van der Waals surface area contributed by atoms with E-state index in [-0.39, 0.29) is 16.9 Å². The fourth-order valence-electron chi connectivity index (χ4n) is 3.47. The highest BCUT2D eigenvalue weighted by Gasteiger charge is 2.18. The summed E-state index contributed by atoms with van der Waals surface area (Å²) >= 11 is 2.97. The van der Waals surface area contributed by atoms with E-state index in [4.69, 9.17) is 4.42 Å². The highest BCUT2D eigenvalue weighted by atomic mass is 32.2. The molecule has 6 nitrogen and oxygen atoms in total. The first-order valence-electron chi connectivity index (χ1n) is 10.1. The first-order valence-corrected chi connectivity index (χ1v) is 11.8. The number of benzene rings is 3. The second-order valence-corrected chi connectivity index (χ2v) is 9.37. The van der Waals surface area contributed by atoms with Gasteiger partial charge in [-0.05, 0) is 43.3 Å². The lowest BCUT2D eigenvalue weighted by atomic mass is 10.0. The third kappa shape index (κ3) is 4.30. The smallest absolute Gasteiger partial charge is 0.259 e. The van der Waals surface area contributed by atoms with Crippen LogP contribution in [-0.4, -0.2) is 16.1 Å². The van der Waals surface area contributed by atoms with Gasteiger partial charge in [-0.1, -0.05) is 59.5 Å². The fraction of sp³-hybridized carbons (Fsp3) is 0.0400. The van der Waals surface area contributed by atoms with Crippen molar-refractivity contribution in [2.75, 3.05) is 5.32 Å². The third-order valence-corrected chi connectivity index (χ3v) is 6.87. The van der Waals surface area contributed by atoms with Crippen molar-refractivity contribution < 1.29 is 9.21 Å². The molecule has 8 heteroatoms. The number of rotatable bonds is 5. The van der Waals surface area contributed by atoms with Gasteiger partial charge < -0.3 is 9.73 Å². The Bertz CT molecular complexity index is 1500. The lowest BCUT2D eigenvalue weighted by Crippen LogP contribution is -2.15. The van der Waals surface area contributed by atoms with Crippen LogP contribution in [0.3, 0.4) is 0 Å². The molecule has 0 unspecified atom stereocenters. The SMILES string of the molecule is Cc1c(-c2ccccc2)oc2c(C(=O)Nc3ccc(Sc4nncs4)cc3)cccc2c1=O. The van der Waals surface area contributed by atoms with E-state index in [1.165, 1.54) is 23.1 Å². The molecule has 0 bridgehead atoms. The summed E-state index contributed by atoms with van der Waals surface area (Å²) < 4.78 is 7.00. The molecule has 5 rings (SSSR count). The van der Waals surface area contributed by atoms with E-state index in [1.807, 2.05) is 54.6 Å². The quantitative estimate of drug-likeness (QED) is 0.337. The average Bonchev–Trinajstić information content (AvgIpc) is 3.36. The molecule has 3 aromatic carbocycles. The zero-order valence-electron chi connectivity index (χ0n) is 17.4. The van der Waals surface area contributed by atoms with Gasteiger partial charge in [-0.25, -0.2) is 0 Å². The van der Waals surface area contributed by atoms with Crippen LogP contribution in [0.2, 0.25) is 0 Å². The molecule has 0 aliphatic rings. The summed E-state index contributed by atoms with van der Waals surface area (Å²) in [5.74, 6) is 0.113. The van der Waals surface area contributed by atoms with Gasteiger partial charge in [-0.3, -0.25) is 9.59 Å². The Morgan fingerprint density at radius 2 is 1.79 bits per heavy atom. The van der Waals surface area contributed by atoms with Crippen LogP contribution in [0.1, 0.15) is 15.9 Å². The van der Waals surface area contributed by atoms with Gasteiger partial charge in [-0.15, -0.1) is 10.2 Å². The van der Waals surface area contributed by atoms with E-state index in [9.17, 15) is 9.59 Å². The maximum atomic E-state index is 13.1. The van der Waals surface area contributed by atoms with Crippen LogP contribution in [0.5, 0.6) is 0 Å². The second-order valence-electron chi connectivity index (χ2n) is 7.22. The number of hydrogen-bond acceptors (Lipinski definition) is 7. The molecule has 1 amide bonds. The van der Waals surface area contributed by atoms with Gasteiger partial charge in [-0.2, -0.15) is 0 Å². The highest BCUT2D eigenvalue weighted by Crippen LogP contribution is 2.30. The molecule has 0 atom stereocenters. The van der Waals surface area contributed by atoms with Crippen LogP contribution in [0.4, 0.5) is 5.69 Å². The van der Waals surface area contributed by atoms with Crippen LogP contribution in [0.15, 0.2) is 96.8 Å². The monoisotopic (exact) mass is 471 g/mol. The Kier molecular flexibility index (Phi) is 5.77. The predicted molar refractivity (Wildman–Crippen MR) is 131 cm³/mol. The molecule has 0 fully saturated rings. The van der Waals surface area contributed by atoms with E-state index < -0.39 is 0 Å². The number of anilines is 1. The summed E-state index contributed by atoms with van der Waals surface area (Å²) in [4.78, 5) is 27.1. The number of hydrogen-bond donors (Lipinski definition) is 1. The molecule has 0 saturated heterocycles. The summed E-state index contributed by atoms with van der Waals surface area (Å²) in [6.45, 7) is 1.74. The fourth-order valence-corrected chi connectivity index (χ4v) is 4.92. The number of fused-ring (bicyclic) bond motifs is 1. The van der Waals surface area contributed by atoms with Gasteiger partial charge in [0.1, 0.15) is 11.3 Å². The Balaban J connectivity index is 1.47. The standard InChI is InChI=1S/C25H17N3O3S2/c1-15-21(29)19-8-5-9-20(23(19)31-22(15)16-6-3-2-4-7-16)24(30)27-17-10-12-18(13-11-17)33-25-28-26-14-32-25/h2-14H,1H3,(H,27,30). The van der Waals surface area contributed by atoms with Crippen molar-refractivity contribution in [3.8, 4) is 11.3 Å². The molecule has 1 N–H and O–H groups in total. The van der Waals surface area contributed by atoms with Gasteiger partial charge in [0.05, 0.1) is 10.9 Å². The van der Waals surface area contributed by atoms with Gasteiger partial charge in [0.2, 0.25) is 0 Å². The first-order chi connectivity index (χ1) is 16.1. The molecular weight excluding hydrogens is 454 g/mol. The third-order valence-electron chi connectivity index (χ3n) is 5.08. The lowest BCUT2D eigenvalue weighted by Gasteiger charge is -2.11. The van der Waals surface area contributed by atoms with Crippen molar-refractivity contribution in [2.45, 2.75) is 16.2 Å². The average molecular weight is 472 g/mol. The molecule has 0 aliphatic heterocycles. The first kappa shape index (κ1) is 21.1. The van der Waals surface area contributed by atoms with Crippen LogP contribution in [-0.2, 0) is 0 Å². The number of carbonyl (C=O) groups excluding carboxylic acids is 1. The summed E-state index contributed by atoms with van der Waals surface area (Å²) in [6, 6.07) is 21.9. The number of carbonyl (C=O) groups is 1. The molecule has 2 aromatic heterocycles. The Morgan fingerprint density at radius 3 is 2.52 bits per heavy atom. The number of aromatic nitrogens is 2. The van der Waals surface area contributed by atoms with Gasteiger partial charge in [0.25, 0.3) is 5.91 Å². The van der Waals surface area contributed by atoms with E-state index in [2.05, 4.69) is 15.5 Å². The number of para-hydroxylation sites is 1. The molecule has 33 heavy (non-hydrogen) atoms. The van der Waals surface area contributed by atoms with E-state index >= 15 is 0 Å². The maximum absolute atomic E-state index is 13.1. The summed E-state index contributed by atoms with van der Waals surface area (Å²) in [6.07, 6.45) is 0. The largest absolute Gasteiger partial charge is 0.455 e. The van der Waals surface area contributed by atoms with Crippen molar-refractivity contribution in [1.82, 2.24) is 10.2 Å². The second kappa shape index (κ2) is 9.01. The van der Waals surface area contributed by atoms with Crippen molar-refractivity contribution in [3.63, 3.8) is 0 Å². The van der Waals surface area contributed by atoms with Gasteiger partial charge >= 0.3 is 0 Å². The Hall–Kier alpha value is -3.75. The zero-order valence-corrected chi connectivity index (χ0v) is 19.1. The predicted octanol–water partition coefficient (Wildman–Crippen LogP) is 6.02. The Labute approximate surface area is 197 Å². The van der Waals surface area contributed by atoms with Crippen molar-refractivity contribution in [2.24, 2.45) is 0 Å². The number of nitrogens with one attached hydrogen (secondary N) is 1. The van der Waals surface area contributed by atoms with E-state index in [1.54, 1.807) is 30.6 Å². The molecule has 5 aromatic rings. The summed E-state index contributed by atoms with van der Waals surface area (Å²) in [5, 5.41) is 11.1. The minimum absolute atomic E-state index is 0.150. The molecule has 0 aliphatic carbocycles. The lowest BCUT2D eigenvalue weighted by molar-refractivity contribution is 0.102. The number of amides is 1. The highest BCUT2D eigenvalue weighted by molar-refractivity contribution is 8.01. The molecule has 0 saturated carbocycles. The van der Waals surface area contributed by atoms with Crippen molar-refractivity contribution in [3.05, 3.63) is 99.7 Å². The van der Waals surface area contributed by atoms with Crippen molar-refractivity contribution in [1.29, 1.82) is 0 Å². The normalized spacial score (nSPS) is 10.9. The molecule has 2 heterocycles. The van der Waals surface area contributed by atoms with Crippen LogP contribution in [0.25, 0.3) is 22.3 Å². The van der Waals surface area contributed by atoms with Gasteiger partial charge in [0.15, 0.2) is 15.4 Å². The minimum Gasteiger partial charge on any atom is -0.455 e. The molecule has 162 valence electrons. The van der Waals surface area contributed by atoms with Crippen LogP contribution >= 0.6 is 23.1 Å². The molecule has 0 radical (unpaired) electrons. The van der Waals surface area contributed by atoms with E-state index in [0.29, 0.717) is 28.0 Å². The van der Waals surface area contributed by atoms with Gasteiger partial charge in [0, 0.05) is 21.7 Å².